The number of amides is 1. The summed E-state index contributed by atoms with van der Waals surface area (Å²) in [5, 5.41) is 118. The third-order valence-corrected chi connectivity index (χ3v) is 6.07. The summed E-state index contributed by atoms with van der Waals surface area (Å²) in [5.74, 6) is -10.4. The fourth-order valence-electron chi connectivity index (χ4n) is 3.88. The van der Waals surface area contributed by atoms with Crippen LogP contribution in [0.5, 0.6) is 0 Å². The number of aliphatic carboxylic acids is 2. The van der Waals surface area contributed by atoms with Gasteiger partial charge in [0.1, 0.15) is 48.6 Å². The van der Waals surface area contributed by atoms with Crippen LogP contribution < -0.4 is 21.3 Å². The first-order valence-electron chi connectivity index (χ1n) is 11.4. The van der Waals surface area contributed by atoms with Crippen LogP contribution in [-0.2, 0) is 23.9 Å². The molecular formula is C20H34N2O17-2. The van der Waals surface area contributed by atoms with Gasteiger partial charge in [0.2, 0.25) is 17.5 Å². The minimum absolute atomic E-state index is 0.614. The van der Waals surface area contributed by atoms with Crippen molar-refractivity contribution < 1.29 is 85.1 Å². The van der Waals surface area contributed by atoms with E-state index < -0.39 is 116 Å². The van der Waals surface area contributed by atoms with Crippen LogP contribution in [0.15, 0.2) is 0 Å². The summed E-state index contributed by atoms with van der Waals surface area (Å²) in [7, 11) is 0. The average Bonchev–Trinajstić information content (AvgIpc) is 2.85. The molecule has 0 aromatic rings. The summed E-state index contributed by atoms with van der Waals surface area (Å²) in [5.41, 5.74) is 5.48. The van der Waals surface area contributed by atoms with Crippen LogP contribution in [0.2, 0.25) is 0 Å². The summed E-state index contributed by atoms with van der Waals surface area (Å²) >= 11 is 0. The zero-order valence-corrected chi connectivity index (χ0v) is 20.5. The lowest BCUT2D eigenvalue weighted by Crippen LogP contribution is -2.68. The summed E-state index contributed by atoms with van der Waals surface area (Å²) in [6, 6.07) is -2.53. The van der Waals surface area contributed by atoms with Crippen molar-refractivity contribution in [2.75, 3.05) is 13.2 Å². The Bertz CT molecular complexity index is 849. The van der Waals surface area contributed by atoms with E-state index in [9.17, 15) is 65.4 Å². The van der Waals surface area contributed by atoms with E-state index in [-0.39, 0.29) is 0 Å². The summed E-state index contributed by atoms with van der Waals surface area (Å²) < 4.78 is 9.49. The number of carbonyl (C=O) groups is 3. The number of carboxylic acids is 2. The Labute approximate surface area is 220 Å². The van der Waals surface area contributed by atoms with Crippen LogP contribution >= 0.6 is 0 Å². The van der Waals surface area contributed by atoms with E-state index in [1.807, 2.05) is 0 Å². The number of aliphatic hydroxyl groups excluding tert-OH is 8. The van der Waals surface area contributed by atoms with Gasteiger partial charge < -0.3 is 91.4 Å². The lowest BCUT2D eigenvalue weighted by atomic mass is 9.88. The minimum Gasteiger partial charge on any atom is -0.544 e. The van der Waals surface area contributed by atoms with Crippen molar-refractivity contribution in [1.29, 1.82) is 0 Å². The normalized spacial score (nSPS) is 37.8. The minimum atomic E-state index is -2.89. The second-order valence-corrected chi connectivity index (χ2v) is 9.14. The number of rotatable bonds is 9. The van der Waals surface area contributed by atoms with Gasteiger partial charge in [0.15, 0.2) is 0 Å². The van der Waals surface area contributed by atoms with Gasteiger partial charge in [0.05, 0.1) is 37.5 Å². The number of carboxylic acid groups (broad SMARTS) is 2. The van der Waals surface area contributed by atoms with E-state index in [0.717, 1.165) is 6.92 Å². The summed E-state index contributed by atoms with van der Waals surface area (Å²) in [6.07, 6.45) is -14.9. The molecule has 13 N–H and O–H groups in total. The molecule has 0 spiro atoms. The number of hydrogen-bond donors (Lipinski definition) is 12. The quantitative estimate of drug-likeness (QED) is 0.121. The van der Waals surface area contributed by atoms with Gasteiger partial charge in [-0.15, -0.1) is 0 Å². The molecule has 0 radical (unpaired) electrons. The van der Waals surface area contributed by atoms with Gasteiger partial charge in [-0.3, -0.25) is 4.79 Å². The Morgan fingerprint density at radius 2 is 1.26 bits per heavy atom. The van der Waals surface area contributed by atoms with Crippen molar-refractivity contribution in [3.8, 4) is 0 Å². The van der Waals surface area contributed by atoms with Crippen LogP contribution in [0.25, 0.3) is 0 Å². The van der Waals surface area contributed by atoms with E-state index in [1.54, 1.807) is 0 Å². The lowest BCUT2D eigenvalue weighted by molar-refractivity contribution is -0.374. The fraction of sp³-hybridized carbons (Fsp3) is 0.850. The molecule has 0 bridgehead atoms. The van der Waals surface area contributed by atoms with Crippen molar-refractivity contribution in [3.63, 3.8) is 0 Å². The van der Waals surface area contributed by atoms with E-state index in [4.69, 9.17) is 25.4 Å². The van der Waals surface area contributed by atoms with Gasteiger partial charge in [0, 0.05) is 19.8 Å². The first-order chi connectivity index (χ1) is 17.8. The molecule has 228 valence electrons. The maximum absolute atomic E-state index is 11.1. The SMILES string of the molecule is CC(=O)N[C@@H]1C(O)CC(O)(C(=O)[O-])O[C@@H]1C(O)C(O)CO.N[C@@H]1C(O)CC(O)(C(=O)[O-])O[C@@H]1C(O)C(O)CO. The largest absolute Gasteiger partial charge is 0.544 e. The van der Waals surface area contributed by atoms with Crippen molar-refractivity contribution in [2.45, 2.75) is 92.3 Å². The van der Waals surface area contributed by atoms with Crippen molar-refractivity contribution in [1.82, 2.24) is 5.32 Å². The number of carbonyl (C=O) groups excluding carboxylic acids is 3. The lowest BCUT2D eigenvalue weighted by Gasteiger charge is -2.46. The number of aliphatic hydroxyl groups is 10. The van der Waals surface area contributed by atoms with Crippen LogP contribution in [0.1, 0.15) is 19.8 Å². The highest BCUT2D eigenvalue weighted by Gasteiger charge is 2.51. The third-order valence-electron chi connectivity index (χ3n) is 6.07. The molecule has 8 unspecified atom stereocenters. The highest BCUT2D eigenvalue weighted by molar-refractivity contribution is 5.75. The van der Waals surface area contributed by atoms with Crippen LogP contribution in [0, 0.1) is 0 Å². The third kappa shape index (κ3) is 8.44. The summed E-state index contributed by atoms with van der Waals surface area (Å²) in [6.45, 7) is -0.598. The van der Waals surface area contributed by atoms with Crippen molar-refractivity contribution in [3.05, 3.63) is 0 Å². The standard InChI is InChI=1S/C11H19NO9.C9H17NO8/c1-4(14)12-7-5(15)2-11(20,10(18)19)21-9(7)8(17)6(16)3-13;10-5-3(12)1-9(17,8(15)16)18-7(5)6(14)4(13)2-11/h5-9,13,15-17,20H,2-3H2,1H3,(H,12,14)(H,18,19);3-7,11-14,17H,1-2,10H2,(H,15,16)/p-2/t5?,6?,7-,8?,9+,11?;3?,4?,5-,6?,7+,9?/m11/s1. The fourth-order valence-corrected chi connectivity index (χ4v) is 3.88. The van der Waals surface area contributed by atoms with Crippen LogP contribution in [-0.4, -0.2) is 155 Å². The molecular weight excluding hydrogens is 540 g/mol. The first-order valence-corrected chi connectivity index (χ1v) is 11.4. The van der Waals surface area contributed by atoms with Gasteiger partial charge in [-0.25, -0.2) is 0 Å². The van der Waals surface area contributed by atoms with Crippen LogP contribution in [0.3, 0.4) is 0 Å². The zero-order chi connectivity index (χ0) is 30.5. The van der Waals surface area contributed by atoms with E-state index >= 15 is 0 Å². The Kier molecular flexibility index (Phi) is 12.5. The van der Waals surface area contributed by atoms with Crippen molar-refractivity contribution >= 4 is 17.8 Å². The molecule has 0 aromatic heterocycles. The molecule has 39 heavy (non-hydrogen) atoms. The van der Waals surface area contributed by atoms with E-state index in [1.165, 1.54) is 0 Å². The molecule has 12 atom stereocenters. The molecule has 19 heteroatoms. The topological polar surface area (TPSA) is 356 Å². The molecule has 2 aliphatic heterocycles. The summed E-state index contributed by atoms with van der Waals surface area (Å²) in [4.78, 5) is 32.7. The first kappa shape index (κ1) is 34.9. The van der Waals surface area contributed by atoms with E-state index in [2.05, 4.69) is 5.32 Å². The maximum atomic E-state index is 11.1. The zero-order valence-electron chi connectivity index (χ0n) is 20.5. The number of nitrogens with two attached hydrogens (primary N) is 1. The molecule has 2 fully saturated rings. The van der Waals surface area contributed by atoms with Crippen molar-refractivity contribution in [2.24, 2.45) is 5.73 Å². The monoisotopic (exact) mass is 574 g/mol. The predicted molar refractivity (Wildman–Crippen MR) is 115 cm³/mol. The predicted octanol–water partition coefficient (Wildman–Crippen LogP) is -10.6. The smallest absolute Gasteiger partial charge is 0.217 e. The van der Waals surface area contributed by atoms with Gasteiger partial charge in [0.25, 0.3) is 0 Å². The van der Waals surface area contributed by atoms with E-state index in [0.29, 0.717) is 0 Å². The number of ether oxygens (including phenoxy) is 2. The Balaban J connectivity index is 0.000000395. The molecule has 2 heterocycles. The van der Waals surface area contributed by atoms with Crippen LogP contribution in [0.4, 0.5) is 0 Å². The van der Waals surface area contributed by atoms with Gasteiger partial charge in [-0.1, -0.05) is 0 Å². The van der Waals surface area contributed by atoms with Gasteiger partial charge in [-0.2, -0.15) is 0 Å². The Hall–Kier alpha value is -2.11. The molecule has 2 aliphatic rings. The maximum Gasteiger partial charge on any atom is 0.217 e. The Morgan fingerprint density at radius 3 is 1.64 bits per heavy atom. The number of nitrogens with one attached hydrogen (secondary N) is 1. The second kappa shape index (κ2) is 14.0. The highest BCUT2D eigenvalue weighted by atomic mass is 16.7. The van der Waals surface area contributed by atoms with Gasteiger partial charge in [-0.05, 0) is 0 Å². The molecule has 2 rings (SSSR count). The number of hydrogen-bond acceptors (Lipinski definition) is 18. The highest BCUT2D eigenvalue weighted by Crippen LogP contribution is 2.30. The molecule has 19 nitrogen and oxygen atoms in total. The molecule has 0 saturated carbocycles. The molecule has 0 aliphatic carbocycles. The Morgan fingerprint density at radius 1 is 0.872 bits per heavy atom. The molecule has 0 aromatic carbocycles. The second-order valence-electron chi connectivity index (χ2n) is 9.14. The van der Waals surface area contributed by atoms with Gasteiger partial charge >= 0.3 is 0 Å². The average molecular weight is 574 g/mol. The molecule has 1 amide bonds. The molecule has 2 saturated heterocycles.